The third kappa shape index (κ3) is 3.84. The zero-order valence-corrected chi connectivity index (χ0v) is 22.7. The highest BCUT2D eigenvalue weighted by Crippen LogP contribution is 2.74. The summed E-state index contributed by atoms with van der Waals surface area (Å²) in [6.45, 7) is 14.7. The number of carbonyl (C=O) groups excluding carboxylic acids is 1. The molecular weight excluding hydrogens is 424 g/mol. The fourth-order valence-electron chi connectivity index (χ4n) is 10.1. The molecule has 1 spiro atoms. The summed E-state index contributed by atoms with van der Waals surface area (Å²) < 4.78 is 17.4. The molecule has 1 aliphatic heterocycles. The van der Waals surface area contributed by atoms with Gasteiger partial charge in [0, 0.05) is 11.8 Å². The van der Waals surface area contributed by atoms with Gasteiger partial charge in [-0.15, -0.1) is 0 Å². The first kappa shape index (κ1) is 24.9. The lowest BCUT2D eigenvalue weighted by Gasteiger charge is -2.59. The van der Waals surface area contributed by atoms with E-state index in [1.165, 1.54) is 51.4 Å². The van der Waals surface area contributed by atoms with Gasteiger partial charge in [0.25, 0.3) is 0 Å². The third-order valence-electron chi connectivity index (χ3n) is 11.8. The molecule has 194 valence electrons. The number of ether oxygens (including phenoxy) is 3. The minimum Gasteiger partial charge on any atom is -0.435 e. The molecule has 4 nitrogen and oxygen atoms in total. The molecule has 5 fully saturated rings. The predicted octanol–water partition coefficient (Wildman–Crippen LogP) is 7.78. The molecular formula is C30H50O4. The molecule has 5 rings (SSSR count). The van der Waals surface area contributed by atoms with Crippen molar-refractivity contribution in [3.05, 3.63) is 0 Å². The summed E-state index contributed by atoms with van der Waals surface area (Å²) in [4.78, 5) is 12.0. The van der Waals surface area contributed by atoms with Crippen LogP contribution < -0.4 is 0 Å². The molecule has 0 aromatic carbocycles. The number of fused-ring (bicyclic) bond motifs is 4. The Morgan fingerprint density at radius 3 is 2.56 bits per heavy atom. The molecule has 0 aromatic rings. The van der Waals surface area contributed by atoms with Crippen LogP contribution in [-0.4, -0.2) is 30.6 Å². The Bertz CT molecular complexity index is 765. The van der Waals surface area contributed by atoms with Crippen molar-refractivity contribution >= 4 is 6.16 Å². The topological polar surface area (TPSA) is 48.1 Å². The van der Waals surface area contributed by atoms with Crippen LogP contribution >= 0.6 is 0 Å². The molecule has 0 aromatic heterocycles. The predicted molar refractivity (Wildman–Crippen MR) is 134 cm³/mol. The van der Waals surface area contributed by atoms with Gasteiger partial charge in [0.05, 0.1) is 12.7 Å². The fraction of sp³-hybridized carbons (Fsp3) is 0.967. The van der Waals surface area contributed by atoms with E-state index in [2.05, 4.69) is 34.6 Å². The fourth-order valence-corrected chi connectivity index (χ4v) is 10.1. The minimum atomic E-state index is -0.508. The largest absolute Gasteiger partial charge is 0.508 e. The van der Waals surface area contributed by atoms with Crippen molar-refractivity contribution in [2.75, 3.05) is 6.61 Å². The molecule has 10 atom stereocenters. The standard InChI is InChI=1S/C30H50O4/c1-7-32-27(31)33-21-13-16-29(6)25-14-15-28(5)23(20(4)10-8-9-19(2)3)11-12-24(28)22(25)17-26-30(29,18-21)34-26/h19-26H,7-18H2,1-6H3/t20-,21+,22+,23-,24+,25+,26-,28-,29-,30?/m1/s1. The molecule has 4 aliphatic carbocycles. The molecule has 0 amide bonds. The Morgan fingerprint density at radius 1 is 1.03 bits per heavy atom. The van der Waals surface area contributed by atoms with Gasteiger partial charge in [-0.05, 0) is 92.8 Å². The number of hydrogen-bond donors (Lipinski definition) is 0. The maximum Gasteiger partial charge on any atom is 0.508 e. The average Bonchev–Trinajstić information content (AvgIpc) is 3.34. The van der Waals surface area contributed by atoms with Crippen molar-refractivity contribution in [2.24, 2.45) is 46.3 Å². The summed E-state index contributed by atoms with van der Waals surface area (Å²) in [5.41, 5.74) is 0.699. The second-order valence-electron chi connectivity index (χ2n) is 13.7. The SMILES string of the molecule is CCOC(=O)O[C@H]1CC[C@]2(C)[C@H]3CC[C@]4(C)[C@@H]([C@H](C)CCCC(C)C)CC[C@H]4[C@@H]3C[C@H]3OC32C1. The first-order valence-electron chi connectivity index (χ1n) is 14.7. The van der Waals surface area contributed by atoms with Crippen LogP contribution in [0.2, 0.25) is 0 Å². The van der Waals surface area contributed by atoms with Gasteiger partial charge < -0.3 is 14.2 Å². The van der Waals surface area contributed by atoms with Crippen molar-refractivity contribution in [3.63, 3.8) is 0 Å². The van der Waals surface area contributed by atoms with Crippen LogP contribution in [0.5, 0.6) is 0 Å². The minimum absolute atomic E-state index is 0.0509. The van der Waals surface area contributed by atoms with Gasteiger partial charge in [-0.1, -0.05) is 53.9 Å². The van der Waals surface area contributed by atoms with Crippen molar-refractivity contribution in [3.8, 4) is 0 Å². The summed E-state index contributed by atoms with van der Waals surface area (Å²) in [6.07, 6.45) is 13.8. The lowest BCUT2D eigenvalue weighted by atomic mass is 9.44. The summed E-state index contributed by atoms with van der Waals surface area (Å²) in [5.74, 6) is 5.04. The van der Waals surface area contributed by atoms with Gasteiger partial charge >= 0.3 is 6.16 Å². The number of hydrogen-bond acceptors (Lipinski definition) is 4. The zero-order valence-electron chi connectivity index (χ0n) is 22.7. The van der Waals surface area contributed by atoms with Gasteiger partial charge in [-0.3, -0.25) is 0 Å². The Balaban J connectivity index is 1.27. The van der Waals surface area contributed by atoms with E-state index >= 15 is 0 Å². The number of epoxide rings is 1. The molecule has 0 radical (unpaired) electrons. The second-order valence-corrected chi connectivity index (χ2v) is 13.7. The number of carbonyl (C=O) groups is 1. The van der Waals surface area contributed by atoms with Crippen LogP contribution in [0.4, 0.5) is 4.79 Å². The van der Waals surface area contributed by atoms with Crippen LogP contribution in [0.1, 0.15) is 112 Å². The van der Waals surface area contributed by atoms with E-state index in [9.17, 15) is 4.79 Å². The highest BCUT2D eigenvalue weighted by Gasteiger charge is 2.76. The maximum absolute atomic E-state index is 12.0. The normalized spacial score (nSPS) is 47.7. The second kappa shape index (κ2) is 8.96. The van der Waals surface area contributed by atoms with E-state index in [-0.39, 0.29) is 17.1 Å². The molecule has 4 saturated carbocycles. The van der Waals surface area contributed by atoms with Gasteiger partial charge in [0.15, 0.2) is 0 Å². The Kier molecular flexibility index (Phi) is 6.56. The van der Waals surface area contributed by atoms with Gasteiger partial charge in [-0.25, -0.2) is 4.79 Å². The molecule has 1 heterocycles. The first-order chi connectivity index (χ1) is 16.1. The van der Waals surface area contributed by atoms with Gasteiger partial charge in [0.2, 0.25) is 0 Å². The van der Waals surface area contributed by atoms with Crippen molar-refractivity contribution in [2.45, 2.75) is 130 Å². The monoisotopic (exact) mass is 474 g/mol. The lowest BCUT2D eigenvalue weighted by Crippen LogP contribution is -2.59. The zero-order chi connectivity index (χ0) is 24.3. The van der Waals surface area contributed by atoms with E-state index in [1.54, 1.807) is 0 Å². The van der Waals surface area contributed by atoms with E-state index in [4.69, 9.17) is 14.2 Å². The van der Waals surface area contributed by atoms with E-state index in [0.717, 1.165) is 54.8 Å². The van der Waals surface area contributed by atoms with E-state index in [0.29, 0.717) is 18.1 Å². The molecule has 0 bridgehead atoms. The lowest BCUT2D eigenvalue weighted by molar-refractivity contribution is -0.120. The van der Waals surface area contributed by atoms with Crippen molar-refractivity contribution in [1.82, 2.24) is 0 Å². The van der Waals surface area contributed by atoms with Gasteiger partial charge in [0.1, 0.15) is 11.7 Å². The van der Waals surface area contributed by atoms with Crippen LogP contribution in [0.3, 0.4) is 0 Å². The third-order valence-corrected chi connectivity index (χ3v) is 11.8. The molecule has 34 heavy (non-hydrogen) atoms. The van der Waals surface area contributed by atoms with Crippen molar-refractivity contribution < 1.29 is 19.0 Å². The van der Waals surface area contributed by atoms with Crippen LogP contribution in [0, 0.1) is 46.3 Å². The van der Waals surface area contributed by atoms with E-state index < -0.39 is 6.16 Å². The highest BCUT2D eigenvalue weighted by atomic mass is 16.7. The number of rotatable bonds is 7. The average molecular weight is 475 g/mol. The molecule has 1 saturated heterocycles. The summed E-state index contributed by atoms with van der Waals surface area (Å²) in [5, 5.41) is 0. The summed E-state index contributed by atoms with van der Waals surface area (Å²) in [6, 6.07) is 0. The maximum atomic E-state index is 12.0. The quantitative estimate of drug-likeness (QED) is 0.279. The molecule has 5 aliphatic rings. The van der Waals surface area contributed by atoms with Crippen LogP contribution in [0.25, 0.3) is 0 Å². The van der Waals surface area contributed by atoms with E-state index in [1.807, 2.05) is 6.92 Å². The smallest absolute Gasteiger partial charge is 0.435 e. The first-order valence-corrected chi connectivity index (χ1v) is 14.7. The van der Waals surface area contributed by atoms with Crippen molar-refractivity contribution in [1.29, 1.82) is 0 Å². The Hall–Kier alpha value is -0.770. The van der Waals surface area contributed by atoms with Gasteiger partial charge in [-0.2, -0.15) is 0 Å². The van der Waals surface area contributed by atoms with Crippen LogP contribution in [0.15, 0.2) is 0 Å². The molecule has 0 N–H and O–H groups in total. The summed E-state index contributed by atoms with van der Waals surface area (Å²) in [7, 11) is 0. The Labute approximate surface area is 208 Å². The molecule has 4 heteroatoms. The Morgan fingerprint density at radius 2 is 1.82 bits per heavy atom. The van der Waals surface area contributed by atoms with Crippen LogP contribution in [-0.2, 0) is 14.2 Å². The molecule has 1 unspecified atom stereocenters. The summed E-state index contributed by atoms with van der Waals surface area (Å²) >= 11 is 0. The highest BCUT2D eigenvalue weighted by molar-refractivity contribution is 5.60.